The third kappa shape index (κ3) is 5.32. The molecule has 0 saturated carbocycles. The predicted octanol–water partition coefficient (Wildman–Crippen LogP) is 0.108. The van der Waals surface area contributed by atoms with Gasteiger partial charge in [-0.25, -0.2) is 8.42 Å². The molecule has 11 heteroatoms. The summed E-state index contributed by atoms with van der Waals surface area (Å²) in [6.07, 6.45) is 1.39. The second kappa shape index (κ2) is 10.4. The summed E-state index contributed by atoms with van der Waals surface area (Å²) in [7, 11) is -2.34. The van der Waals surface area contributed by atoms with E-state index >= 15 is 0 Å². The van der Waals surface area contributed by atoms with Crippen LogP contribution in [-0.2, 0) is 35.5 Å². The van der Waals surface area contributed by atoms with Gasteiger partial charge in [0.2, 0.25) is 15.9 Å². The number of morpholine rings is 1. The Morgan fingerprint density at radius 1 is 1.03 bits per heavy atom. The molecular formula is C22H31N3O7S. The molecule has 3 aliphatic heterocycles. The summed E-state index contributed by atoms with van der Waals surface area (Å²) in [5.74, 6) is 0.158. The number of methoxy groups -OCH3 is 1. The summed E-state index contributed by atoms with van der Waals surface area (Å²) in [5, 5.41) is 0. The van der Waals surface area contributed by atoms with Crippen molar-refractivity contribution in [3.63, 3.8) is 0 Å². The molecule has 33 heavy (non-hydrogen) atoms. The zero-order valence-corrected chi connectivity index (χ0v) is 19.7. The van der Waals surface area contributed by atoms with E-state index in [-0.39, 0.29) is 48.1 Å². The average molecular weight is 482 g/mol. The molecule has 0 aliphatic carbocycles. The molecule has 0 radical (unpaired) electrons. The Hall–Kier alpha value is -2.21. The number of carbonyl (C=O) groups is 2. The number of benzene rings is 1. The Bertz CT molecular complexity index is 964. The highest BCUT2D eigenvalue weighted by Crippen LogP contribution is 2.29. The average Bonchev–Trinajstić information content (AvgIpc) is 3.39. The minimum atomic E-state index is -3.77. The van der Waals surface area contributed by atoms with Crippen LogP contribution < -0.4 is 4.74 Å². The SMILES string of the molecule is COc1ccc(CC(=O)N2CCN(C(=O)[C@@H]3CCCO3)CC2)cc1S(=O)(=O)N1CCOCC1. The van der Waals surface area contributed by atoms with Gasteiger partial charge in [0.05, 0.1) is 26.7 Å². The van der Waals surface area contributed by atoms with Crippen molar-refractivity contribution >= 4 is 21.8 Å². The van der Waals surface area contributed by atoms with E-state index in [0.29, 0.717) is 51.6 Å². The fraction of sp³-hybridized carbons (Fsp3) is 0.636. The molecule has 4 rings (SSSR count). The van der Waals surface area contributed by atoms with E-state index in [1.165, 1.54) is 17.5 Å². The Kier molecular flexibility index (Phi) is 7.52. The molecule has 0 N–H and O–H groups in total. The number of ether oxygens (including phenoxy) is 3. The fourth-order valence-electron chi connectivity index (χ4n) is 4.40. The van der Waals surface area contributed by atoms with E-state index in [1.807, 2.05) is 0 Å². The number of hydrogen-bond donors (Lipinski definition) is 0. The molecule has 3 fully saturated rings. The molecule has 1 aromatic rings. The first-order valence-electron chi connectivity index (χ1n) is 11.3. The van der Waals surface area contributed by atoms with Crippen molar-refractivity contribution in [2.45, 2.75) is 30.3 Å². The van der Waals surface area contributed by atoms with Gasteiger partial charge in [-0.05, 0) is 30.5 Å². The summed E-state index contributed by atoms with van der Waals surface area (Å²) < 4.78 is 43.7. The first-order chi connectivity index (χ1) is 15.9. The molecule has 0 aromatic heterocycles. The summed E-state index contributed by atoms with van der Waals surface area (Å²) >= 11 is 0. The van der Waals surface area contributed by atoms with E-state index < -0.39 is 10.0 Å². The lowest BCUT2D eigenvalue weighted by Crippen LogP contribution is -2.53. The van der Waals surface area contributed by atoms with Crippen LogP contribution in [0.5, 0.6) is 5.75 Å². The molecule has 10 nitrogen and oxygen atoms in total. The van der Waals surface area contributed by atoms with E-state index in [9.17, 15) is 18.0 Å². The lowest BCUT2D eigenvalue weighted by molar-refractivity contribution is -0.145. The second-order valence-electron chi connectivity index (χ2n) is 8.39. The minimum Gasteiger partial charge on any atom is -0.495 e. The molecule has 0 unspecified atom stereocenters. The van der Waals surface area contributed by atoms with E-state index in [0.717, 1.165) is 12.8 Å². The summed E-state index contributed by atoms with van der Waals surface area (Å²) in [6, 6.07) is 4.83. The lowest BCUT2D eigenvalue weighted by Gasteiger charge is -2.35. The van der Waals surface area contributed by atoms with Crippen LogP contribution in [0.1, 0.15) is 18.4 Å². The molecule has 3 aliphatic rings. The number of carbonyl (C=O) groups excluding carboxylic acids is 2. The first-order valence-corrected chi connectivity index (χ1v) is 12.8. The van der Waals surface area contributed by atoms with Crippen LogP contribution in [0.2, 0.25) is 0 Å². The normalized spacial score (nSPS) is 22.4. The third-order valence-corrected chi connectivity index (χ3v) is 8.24. The van der Waals surface area contributed by atoms with Gasteiger partial charge in [0.25, 0.3) is 5.91 Å². The van der Waals surface area contributed by atoms with Crippen molar-refractivity contribution in [2.24, 2.45) is 0 Å². The highest BCUT2D eigenvalue weighted by Gasteiger charge is 2.32. The maximum atomic E-state index is 13.2. The molecule has 2 amide bonds. The second-order valence-corrected chi connectivity index (χ2v) is 10.3. The fourth-order valence-corrected chi connectivity index (χ4v) is 6.01. The smallest absolute Gasteiger partial charge is 0.251 e. The van der Waals surface area contributed by atoms with Gasteiger partial charge in [-0.15, -0.1) is 0 Å². The number of piperazine rings is 1. The number of rotatable bonds is 6. The highest BCUT2D eigenvalue weighted by atomic mass is 32.2. The number of sulfonamides is 1. The molecule has 3 heterocycles. The minimum absolute atomic E-state index is 0.00714. The Morgan fingerprint density at radius 3 is 2.36 bits per heavy atom. The van der Waals surface area contributed by atoms with Crippen molar-refractivity contribution in [3.05, 3.63) is 23.8 Å². The van der Waals surface area contributed by atoms with Gasteiger partial charge < -0.3 is 24.0 Å². The number of amides is 2. The quantitative estimate of drug-likeness (QED) is 0.568. The van der Waals surface area contributed by atoms with Crippen LogP contribution in [0.4, 0.5) is 0 Å². The van der Waals surface area contributed by atoms with Crippen molar-refractivity contribution < 1.29 is 32.2 Å². The summed E-state index contributed by atoms with van der Waals surface area (Å²) in [6.45, 7) is 3.74. The van der Waals surface area contributed by atoms with E-state index in [4.69, 9.17) is 14.2 Å². The number of nitrogens with zero attached hydrogens (tertiary/aromatic N) is 3. The monoisotopic (exact) mass is 481 g/mol. The van der Waals surface area contributed by atoms with Gasteiger partial charge in [-0.3, -0.25) is 9.59 Å². The van der Waals surface area contributed by atoms with Gasteiger partial charge in [0, 0.05) is 45.9 Å². The molecule has 1 atom stereocenters. The summed E-state index contributed by atoms with van der Waals surface area (Å²) in [4.78, 5) is 29.0. The Labute approximate surface area is 194 Å². The van der Waals surface area contributed by atoms with Crippen molar-refractivity contribution in [1.82, 2.24) is 14.1 Å². The third-order valence-electron chi connectivity index (χ3n) is 6.32. The van der Waals surface area contributed by atoms with Crippen LogP contribution in [0.25, 0.3) is 0 Å². The first kappa shape index (κ1) is 23.9. The van der Waals surface area contributed by atoms with Gasteiger partial charge >= 0.3 is 0 Å². The van der Waals surface area contributed by atoms with Crippen LogP contribution >= 0.6 is 0 Å². The summed E-state index contributed by atoms with van der Waals surface area (Å²) in [5.41, 5.74) is 0.602. The van der Waals surface area contributed by atoms with Crippen molar-refractivity contribution in [2.75, 3.05) is 66.2 Å². The Morgan fingerprint density at radius 2 is 1.73 bits per heavy atom. The van der Waals surface area contributed by atoms with Gasteiger partial charge in [-0.2, -0.15) is 4.31 Å². The molecule has 182 valence electrons. The Balaban J connectivity index is 1.40. The van der Waals surface area contributed by atoms with Crippen LogP contribution in [0.3, 0.4) is 0 Å². The van der Waals surface area contributed by atoms with E-state index in [1.54, 1.807) is 21.9 Å². The van der Waals surface area contributed by atoms with Crippen molar-refractivity contribution in [1.29, 1.82) is 0 Å². The predicted molar refractivity (Wildman–Crippen MR) is 118 cm³/mol. The topological polar surface area (TPSA) is 106 Å². The highest BCUT2D eigenvalue weighted by molar-refractivity contribution is 7.89. The maximum Gasteiger partial charge on any atom is 0.251 e. The zero-order chi connectivity index (χ0) is 23.4. The molecular weight excluding hydrogens is 450 g/mol. The van der Waals surface area contributed by atoms with Crippen LogP contribution in [-0.4, -0.2) is 107 Å². The number of hydrogen-bond acceptors (Lipinski definition) is 7. The lowest BCUT2D eigenvalue weighted by atomic mass is 10.1. The molecule has 0 spiro atoms. The van der Waals surface area contributed by atoms with E-state index in [2.05, 4.69) is 0 Å². The standard InChI is InChI=1S/C22H31N3O7S/c1-30-18-5-4-17(15-20(18)33(28,29)25-10-13-31-14-11-25)16-21(26)23-6-8-24(9-7-23)22(27)19-3-2-12-32-19/h4-5,15,19H,2-3,6-14,16H2,1H3/t19-/m0/s1. The van der Waals surface area contributed by atoms with Crippen molar-refractivity contribution in [3.8, 4) is 5.75 Å². The molecule has 3 saturated heterocycles. The largest absolute Gasteiger partial charge is 0.495 e. The molecule has 0 bridgehead atoms. The molecule has 1 aromatic carbocycles. The van der Waals surface area contributed by atoms with Gasteiger partial charge in [0.15, 0.2) is 0 Å². The van der Waals surface area contributed by atoms with Crippen LogP contribution in [0, 0.1) is 0 Å². The van der Waals surface area contributed by atoms with Gasteiger partial charge in [0.1, 0.15) is 16.7 Å². The van der Waals surface area contributed by atoms with Crippen LogP contribution in [0.15, 0.2) is 23.1 Å². The zero-order valence-electron chi connectivity index (χ0n) is 18.9. The maximum absolute atomic E-state index is 13.2. The van der Waals surface area contributed by atoms with Gasteiger partial charge in [-0.1, -0.05) is 6.07 Å².